The zero-order chi connectivity index (χ0) is 21.1. The average molecular weight is 419 g/mol. The predicted octanol–water partition coefficient (Wildman–Crippen LogP) is 5.38. The van der Waals surface area contributed by atoms with Gasteiger partial charge in [0, 0.05) is 41.6 Å². The molecule has 1 N–H and O–H groups in total. The molecule has 1 aliphatic rings. The summed E-state index contributed by atoms with van der Waals surface area (Å²) in [6.07, 6.45) is 2.03. The highest BCUT2D eigenvalue weighted by molar-refractivity contribution is 7.09. The quantitative estimate of drug-likeness (QED) is 0.605. The monoisotopic (exact) mass is 418 g/mol. The summed E-state index contributed by atoms with van der Waals surface area (Å²) in [6, 6.07) is 20.4. The van der Waals surface area contributed by atoms with Crippen molar-refractivity contribution < 1.29 is 9.59 Å². The van der Waals surface area contributed by atoms with Crippen molar-refractivity contribution in [1.82, 2.24) is 0 Å². The Kier molecular flexibility index (Phi) is 5.73. The van der Waals surface area contributed by atoms with E-state index >= 15 is 0 Å². The molecule has 0 saturated heterocycles. The molecule has 1 unspecified atom stereocenters. The molecule has 3 aromatic rings. The van der Waals surface area contributed by atoms with E-state index in [0.29, 0.717) is 13.0 Å². The third kappa shape index (κ3) is 4.03. The van der Waals surface area contributed by atoms with Crippen molar-refractivity contribution in [3.63, 3.8) is 0 Å². The number of nitrogens with zero attached hydrogens (tertiary/aromatic N) is 1. The van der Waals surface area contributed by atoms with Gasteiger partial charge in [-0.15, -0.1) is 11.3 Å². The number of rotatable bonds is 5. The van der Waals surface area contributed by atoms with Crippen molar-refractivity contribution in [2.45, 2.75) is 38.5 Å². The number of thiophene rings is 1. The van der Waals surface area contributed by atoms with Gasteiger partial charge in [0.2, 0.25) is 11.8 Å². The van der Waals surface area contributed by atoms with Crippen LogP contribution in [0.3, 0.4) is 0 Å². The van der Waals surface area contributed by atoms with Gasteiger partial charge in [-0.25, -0.2) is 0 Å². The third-order valence-corrected chi connectivity index (χ3v) is 6.91. The topological polar surface area (TPSA) is 49.4 Å². The maximum atomic E-state index is 12.5. The molecule has 1 aromatic heterocycles. The SMILES string of the molecule is CC(=O)N1CCC(C)(c2ccccc2)c2cc(NC(=O)CCc3cccs3)ccc21. The molecular weight excluding hydrogens is 392 g/mol. The molecule has 5 heteroatoms. The van der Waals surface area contributed by atoms with Gasteiger partial charge in [0.15, 0.2) is 0 Å². The first-order valence-electron chi connectivity index (χ1n) is 10.3. The fourth-order valence-electron chi connectivity index (χ4n) is 4.23. The van der Waals surface area contributed by atoms with Gasteiger partial charge in [-0.3, -0.25) is 9.59 Å². The van der Waals surface area contributed by atoms with Crippen molar-refractivity contribution in [1.29, 1.82) is 0 Å². The average Bonchev–Trinajstić information content (AvgIpc) is 3.27. The van der Waals surface area contributed by atoms with Crippen LogP contribution < -0.4 is 10.2 Å². The van der Waals surface area contributed by atoms with Crippen LogP contribution in [0, 0.1) is 0 Å². The molecule has 2 amide bonds. The van der Waals surface area contributed by atoms with Crippen LogP contribution in [0.1, 0.15) is 42.7 Å². The van der Waals surface area contributed by atoms with Crippen LogP contribution in [0.5, 0.6) is 0 Å². The fourth-order valence-corrected chi connectivity index (χ4v) is 4.94. The number of hydrogen-bond donors (Lipinski definition) is 1. The van der Waals surface area contributed by atoms with Crippen LogP contribution in [0.2, 0.25) is 0 Å². The minimum absolute atomic E-state index is 0.00370. The molecule has 0 bridgehead atoms. The van der Waals surface area contributed by atoms with Crippen molar-refractivity contribution in [2.75, 3.05) is 16.8 Å². The summed E-state index contributed by atoms with van der Waals surface area (Å²) in [5, 5.41) is 5.08. The maximum absolute atomic E-state index is 12.5. The second kappa shape index (κ2) is 8.44. The lowest BCUT2D eigenvalue weighted by Gasteiger charge is -2.41. The lowest BCUT2D eigenvalue weighted by Crippen LogP contribution is -2.41. The molecule has 1 aliphatic heterocycles. The highest BCUT2D eigenvalue weighted by atomic mass is 32.1. The number of aryl methyl sites for hydroxylation is 1. The number of carbonyl (C=O) groups excluding carboxylic acids is 2. The lowest BCUT2D eigenvalue weighted by atomic mass is 9.71. The Bertz CT molecular complexity index is 1050. The first-order chi connectivity index (χ1) is 14.5. The van der Waals surface area contributed by atoms with Gasteiger partial charge < -0.3 is 10.2 Å². The van der Waals surface area contributed by atoms with Crippen LogP contribution in [-0.2, 0) is 21.4 Å². The van der Waals surface area contributed by atoms with Crippen molar-refractivity contribution in [3.8, 4) is 0 Å². The standard InChI is InChI=1S/C25H26N2O2S/c1-18(28)27-15-14-25(2,19-7-4-3-5-8-19)22-17-20(10-12-23(22)27)26-24(29)13-11-21-9-6-16-30-21/h3-10,12,16-17H,11,13-15H2,1-2H3,(H,26,29). The van der Waals surface area contributed by atoms with E-state index in [1.54, 1.807) is 18.3 Å². The number of hydrogen-bond acceptors (Lipinski definition) is 3. The molecule has 0 saturated carbocycles. The molecule has 1 atom stereocenters. The third-order valence-electron chi connectivity index (χ3n) is 5.97. The van der Waals surface area contributed by atoms with Gasteiger partial charge >= 0.3 is 0 Å². The van der Waals surface area contributed by atoms with Gasteiger partial charge in [0.1, 0.15) is 0 Å². The number of amides is 2. The highest BCUT2D eigenvalue weighted by Gasteiger charge is 2.37. The minimum atomic E-state index is -0.222. The van der Waals surface area contributed by atoms with Crippen molar-refractivity contribution >= 4 is 34.5 Å². The van der Waals surface area contributed by atoms with E-state index < -0.39 is 0 Å². The largest absolute Gasteiger partial charge is 0.326 e. The second-order valence-corrected chi connectivity index (χ2v) is 9.01. The zero-order valence-corrected chi connectivity index (χ0v) is 18.2. The summed E-state index contributed by atoms with van der Waals surface area (Å²) in [6.45, 7) is 4.51. The van der Waals surface area contributed by atoms with Crippen molar-refractivity contribution in [2.24, 2.45) is 0 Å². The number of fused-ring (bicyclic) bond motifs is 1. The Morgan fingerprint density at radius 1 is 1.10 bits per heavy atom. The Balaban J connectivity index is 1.63. The first kappa shape index (κ1) is 20.4. The number of carbonyl (C=O) groups is 2. The molecule has 0 radical (unpaired) electrons. The first-order valence-corrected chi connectivity index (χ1v) is 11.2. The summed E-state index contributed by atoms with van der Waals surface area (Å²) in [5.74, 6) is 0.0445. The van der Waals surface area contributed by atoms with Gasteiger partial charge in [0.25, 0.3) is 0 Å². The van der Waals surface area contributed by atoms with Crippen LogP contribution in [-0.4, -0.2) is 18.4 Å². The summed E-state index contributed by atoms with van der Waals surface area (Å²) >= 11 is 1.67. The number of nitrogens with one attached hydrogen (secondary N) is 1. The van der Waals surface area contributed by atoms with E-state index in [1.807, 2.05) is 52.7 Å². The van der Waals surface area contributed by atoms with Crippen molar-refractivity contribution in [3.05, 3.63) is 82.0 Å². The normalized spacial score (nSPS) is 18.0. The Morgan fingerprint density at radius 3 is 2.60 bits per heavy atom. The van der Waals surface area contributed by atoms with Gasteiger partial charge in [-0.2, -0.15) is 0 Å². The van der Waals surface area contributed by atoms with Gasteiger partial charge in [0.05, 0.1) is 0 Å². The summed E-state index contributed by atoms with van der Waals surface area (Å²) in [4.78, 5) is 27.8. The maximum Gasteiger partial charge on any atom is 0.224 e. The van der Waals surface area contributed by atoms with Crippen LogP contribution in [0.25, 0.3) is 0 Å². The van der Waals surface area contributed by atoms with Crippen LogP contribution in [0.15, 0.2) is 66.0 Å². The Hall–Kier alpha value is -2.92. The molecule has 2 aromatic carbocycles. The predicted molar refractivity (Wildman–Crippen MR) is 123 cm³/mol. The molecule has 0 fully saturated rings. The molecule has 154 valence electrons. The van der Waals surface area contributed by atoms with E-state index in [2.05, 4.69) is 30.4 Å². The van der Waals surface area contributed by atoms with E-state index in [4.69, 9.17) is 0 Å². The lowest BCUT2D eigenvalue weighted by molar-refractivity contribution is -0.117. The molecule has 0 aliphatic carbocycles. The fraction of sp³-hybridized carbons (Fsp3) is 0.280. The summed E-state index contributed by atoms with van der Waals surface area (Å²) < 4.78 is 0. The number of anilines is 2. The molecule has 0 spiro atoms. The van der Waals surface area contributed by atoms with Crippen LogP contribution in [0.4, 0.5) is 11.4 Å². The minimum Gasteiger partial charge on any atom is -0.326 e. The summed E-state index contributed by atoms with van der Waals surface area (Å²) in [5.41, 5.74) is 3.77. The van der Waals surface area contributed by atoms with Crippen LogP contribution >= 0.6 is 11.3 Å². The Morgan fingerprint density at radius 2 is 1.90 bits per heavy atom. The zero-order valence-electron chi connectivity index (χ0n) is 17.4. The summed E-state index contributed by atoms with van der Waals surface area (Å²) in [7, 11) is 0. The van der Waals surface area contributed by atoms with E-state index in [-0.39, 0.29) is 17.2 Å². The van der Waals surface area contributed by atoms with E-state index in [9.17, 15) is 9.59 Å². The van der Waals surface area contributed by atoms with E-state index in [1.165, 1.54) is 10.4 Å². The highest BCUT2D eigenvalue weighted by Crippen LogP contribution is 2.45. The van der Waals surface area contributed by atoms with Gasteiger partial charge in [-0.1, -0.05) is 43.3 Å². The molecule has 2 heterocycles. The molecule has 30 heavy (non-hydrogen) atoms. The molecule has 4 rings (SSSR count). The second-order valence-electron chi connectivity index (χ2n) is 7.98. The number of benzene rings is 2. The smallest absolute Gasteiger partial charge is 0.224 e. The van der Waals surface area contributed by atoms with Gasteiger partial charge in [-0.05, 0) is 53.6 Å². The van der Waals surface area contributed by atoms with E-state index in [0.717, 1.165) is 29.8 Å². The molecular formula is C25H26N2O2S. The Labute approximate surface area is 181 Å². The molecule has 4 nitrogen and oxygen atoms in total.